The van der Waals surface area contributed by atoms with Crippen molar-refractivity contribution in [2.75, 3.05) is 37.7 Å². The summed E-state index contributed by atoms with van der Waals surface area (Å²) in [6, 6.07) is 1.77. The molecular formula is C18H21N3O4S. The van der Waals surface area contributed by atoms with Crippen LogP contribution >= 0.6 is 11.3 Å². The standard InChI is InChI=1S/C18H21N3O4S/c1-12-11-14(13-3-2-9-24-13)25-17(23)15(12)16(22)20-5-7-21(8-6-20)18-19-4-10-26-18/h4,10-11,13H,2-3,5-9H2,1H3. The van der Waals surface area contributed by atoms with E-state index < -0.39 is 5.63 Å². The molecule has 0 radical (unpaired) electrons. The number of anilines is 1. The quantitative estimate of drug-likeness (QED) is 0.819. The van der Waals surface area contributed by atoms with E-state index in [0.717, 1.165) is 18.0 Å². The van der Waals surface area contributed by atoms with Crippen LogP contribution in [-0.2, 0) is 4.74 Å². The summed E-state index contributed by atoms with van der Waals surface area (Å²) in [7, 11) is 0. The SMILES string of the molecule is Cc1cc(C2CCCO2)oc(=O)c1C(=O)N1CCN(c2nccs2)CC1. The fraction of sp³-hybridized carbons (Fsp3) is 0.500. The lowest BCUT2D eigenvalue weighted by Gasteiger charge is -2.34. The van der Waals surface area contributed by atoms with E-state index in [-0.39, 0.29) is 17.6 Å². The zero-order chi connectivity index (χ0) is 18.1. The predicted molar refractivity (Wildman–Crippen MR) is 97.9 cm³/mol. The number of thiazole rings is 1. The number of carbonyl (C=O) groups excluding carboxylic acids is 1. The number of nitrogens with zero attached hydrogens (tertiary/aromatic N) is 3. The molecule has 2 fully saturated rings. The van der Waals surface area contributed by atoms with Crippen molar-refractivity contribution in [3.05, 3.63) is 45.0 Å². The summed E-state index contributed by atoms with van der Waals surface area (Å²) < 4.78 is 11.0. The van der Waals surface area contributed by atoms with Gasteiger partial charge in [0.2, 0.25) is 0 Å². The van der Waals surface area contributed by atoms with Gasteiger partial charge in [0.25, 0.3) is 5.91 Å². The Morgan fingerprint density at radius 1 is 1.31 bits per heavy atom. The first-order valence-corrected chi connectivity index (χ1v) is 9.71. The molecule has 2 aromatic heterocycles. The Morgan fingerprint density at radius 3 is 2.73 bits per heavy atom. The summed E-state index contributed by atoms with van der Waals surface area (Å²) in [5.41, 5.74) is 0.219. The van der Waals surface area contributed by atoms with Crippen LogP contribution in [0.1, 0.15) is 40.6 Å². The monoisotopic (exact) mass is 375 g/mol. The second-order valence-corrected chi connectivity index (χ2v) is 7.46. The first kappa shape index (κ1) is 17.2. The molecule has 1 atom stereocenters. The van der Waals surface area contributed by atoms with E-state index in [1.807, 2.05) is 5.38 Å². The summed E-state index contributed by atoms with van der Waals surface area (Å²) in [6.07, 6.45) is 3.40. The van der Waals surface area contributed by atoms with Crippen molar-refractivity contribution in [3.8, 4) is 0 Å². The maximum atomic E-state index is 12.9. The van der Waals surface area contributed by atoms with E-state index in [2.05, 4.69) is 9.88 Å². The van der Waals surface area contributed by atoms with Crippen LogP contribution in [0.2, 0.25) is 0 Å². The number of amides is 1. The maximum absolute atomic E-state index is 12.9. The summed E-state index contributed by atoms with van der Waals surface area (Å²) in [5.74, 6) is 0.268. The van der Waals surface area contributed by atoms with Crippen molar-refractivity contribution in [3.63, 3.8) is 0 Å². The Bertz CT molecular complexity index is 835. The van der Waals surface area contributed by atoms with E-state index in [1.165, 1.54) is 0 Å². The van der Waals surface area contributed by atoms with Gasteiger partial charge in [0, 0.05) is 44.4 Å². The third-order valence-electron chi connectivity index (χ3n) is 4.89. The molecule has 8 heteroatoms. The normalized spacial score (nSPS) is 20.6. The highest BCUT2D eigenvalue weighted by Gasteiger charge is 2.28. The Labute approximate surface area is 155 Å². The number of ether oxygens (including phenoxy) is 1. The first-order valence-electron chi connectivity index (χ1n) is 8.83. The Hall–Kier alpha value is -2.19. The zero-order valence-corrected chi connectivity index (χ0v) is 15.5. The van der Waals surface area contributed by atoms with Crippen LogP contribution in [0, 0.1) is 6.92 Å². The molecule has 0 saturated carbocycles. The molecule has 0 bridgehead atoms. The van der Waals surface area contributed by atoms with Crippen molar-refractivity contribution >= 4 is 22.4 Å². The highest BCUT2D eigenvalue weighted by atomic mass is 32.1. The molecule has 0 spiro atoms. The average molecular weight is 375 g/mol. The van der Waals surface area contributed by atoms with Crippen molar-refractivity contribution in [2.24, 2.45) is 0 Å². The molecule has 2 saturated heterocycles. The van der Waals surface area contributed by atoms with Crippen LogP contribution in [0.5, 0.6) is 0 Å². The van der Waals surface area contributed by atoms with Crippen LogP contribution in [0.4, 0.5) is 5.13 Å². The highest BCUT2D eigenvalue weighted by molar-refractivity contribution is 7.13. The fourth-order valence-corrected chi connectivity index (χ4v) is 4.18. The first-order chi connectivity index (χ1) is 12.6. The van der Waals surface area contributed by atoms with Crippen molar-refractivity contribution in [1.82, 2.24) is 9.88 Å². The predicted octanol–water partition coefficient (Wildman–Crippen LogP) is 2.22. The number of aryl methyl sites for hydroxylation is 1. The van der Waals surface area contributed by atoms with Gasteiger partial charge in [-0.25, -0.2) is 9.78 Å². The minimum atomic E-state index is -0.567. The van der Waals surface area contributed by atoms with Gasteiger partial charge in [-0.15, -0.1) is 11.3 Å². The lowest BCUT2D eigenvalue weighted by atomic mass is 10.1. The van der Waals surface area contributed by atoms with E-state index in [9.17, 15) is 9.59 Å². The van der Waals surface area contributed by atoms with Gasteiger partial charge >= 0.3 is 5.63 Å². The third kappa shape index (κ3) is 3.26. The maximum Gasteiger partial charge on any atom is 0.349 e. The van der Waals surface area contributed by atoms with Crippen LogP contribution < -0.4 is 10.5 Å². The number of hydrogen-bond acceptors (Lipinski definition) is 7. The molecule has 4 rings (SSSR count). The van der Waals surface area contributed by atoms with E-state index in [1.54, 1.807) is 35.4 Å². The van der Waals surface area contributed by atoms with Gasteiger partial charge < -0.3 is 19.0 Å². The zero-order valence-electron chi connectivity index (χ0n) is 14.6. The van der Waals surface area contributed by atoms with Crippen LogP contribution in [0.3, 0.4) is 0 Å². The van der Waals surface area contributed by atoms with Crippen molar-refractivity contribution in [2.45, 2.75) is 25.9 Å². The minimum absolute atomic E-state index is 0.134. The van der Waals surface area contributed by atoms with Gasteiger partial charge in [-0.05, 0) is 31.4 Å². The molecule has 2 aromatic rings. The molecule has 1 amide bonds. The molecule has 7 nitrogen and oxygen atoms in total. The lowest BCUT2D eigenvalue weighted by molar-refractivity contribution is 0.0731. The van der Waals surface area contributed by atoms with Gasteiger partial charge in [-0.3, -0.25) is 4.79 Å². The number of aromatic nitrogens is 1. The van der Waals surface area contributed by atoms with Crippen LogP contribution in [0.25, 0.3) is 0 Å². The van der Waals surface area contributed by atoms with E-state index in [0.29, 0.717) is 44.1 Å². The van der Waals surface area contributed by atoms with Crippen LogP contribution in [0.15, 0.2) is 26.9 Å². The van der Waals surface area contributed by atoms with Gasteiger partial charge in [0.1, 0.15) is 17.4 Å². The fourth-order valence-electron chi connectivity index (χ4n) is 3.48. The van der Waals surface area contributed by atoms with Gasteiger partial charge in [0.05, 0.1) is 0 Å². The summed E-state index contributed by atoms with van der Waals surface area (Å²) in [5, 5.41) is 2.91. The second kappa shape index (κ2) is 7.20. The largest absolute Gasteiger partial charge is 0.424 e. The molecule has 2 aliphatic heterocycles. The van der Waals surface area contributed by atoms with E-state index in [4.69, 9.17) is 9.15 Å². The Kier molecular flexibility index (Phi) is 4.78. The molecule has 26 heavy (non-hydrogen) atoms. The van der Waals surface area contributed by atoms with E-state index >= 15 is 0 Å². The number of rotatable bonds is 3. The van der Waals surface area contributed by atoms with Crippen LogP contribution in [-0.4, -0.2) is 48.6 Å². The molecule has 4 heterocycles. The summed E-state index contributed by atoms with van der Waals surface area (Å²) in [6.45, 7) is 5.00. The topological polar surface area (TPSA) is 75.9 Å². The molecular weight excluding hydrogens is 354 g/mol. The summed E-state index contributed by atoms with van der Waals surface area (Å²) >= 11 is 1.59. The molecule has 2 aliphatic rings. The summed E-state index contributed by atoms with van der Waals surface area (Å²) in [4.78, 5) is 33.5. The molecule has 0 N–H and O–H groups in total. The van der Waals surface area contributed by atoms with Crippen molar-refractivity contribution in [1.29, 1.82) is 0 Å². The molecule has 138 valence electrons. The lowest BCUT2D eigenvalue weighted by Crippen LogP contribution is -2.49. The minimum Gasteiger partial charge on any atom is -0.424 e. The smallest absolute Gasteiger partial charge is 0.349 e. The Balaban J connectivity index is 1.49. The highest BCUT2D eigenvalue weighted by Crippen LogP contribution is 2.28. The number of piperazine rings is 1. The second-order valence-electron chi connectivity index (χ2n) is 6.59. The average Bonchev–Trinajstić information content (AvgIpc) is 3.35. The Morgan fingerprint density at radius 2 is 2.12 bits per heavy atom. The van der Waals surface area contributed by atoms with Gasteiger partial charge in [-0.1, -0.05) is 0 Å². The van der Waals surface area contributed by atoms with Gasteiger partial charge in [0.15, 0.2) is 5.13 Å². The molecule has 0 aromatic carbocycles. The third-order valence-corrected chi connectivity index (χ3v) is 5.72. The number of hydrogen-bond donors (Lipinski definition) is 0. The van der Waals surface area contributed by atoms with Gasteiger partial charge in [-0.2, -0.15) is 0 Å². The number of carbonyl (C=O) groups is 1. The van der Waals surface area contributed by atoms with Crippen molar-refractivity contribution < 1.29 is 13.9 Å². The molecule has 1 unspecified atom stereocenters. The molecule has 0 aliphatic carbocycles.